The van der Waals surface area contributed by atoms with Crippen molar-refractivity contribution < 1.29 is 9.90 Å². The Bertz CT molecular complexity index is 364. The summed E-state index contributed by atoms with van der Waals surface area (Å²) < 4.78 is 0.747. The molecule has 1 unspecified atom stereocenters. The van der Waals surface area contributed by atoms with Gasteiger partial charge in [0, 0.05) is 0 Å². The molecule has 6 heteroatoms. The molecule has 0 saturated carbocycles. The first-order valence-corrected chi connectivity index (χ1v) is 7.95. The molecule has 0 aromatic carbocycles. The number of nitrogens with one attached hydrogen (secondary N) is 1. The maximum Gasteiger partial charge on any atom is 0.264 e. The highest BCUT2D eigenvalue weighted by atomic mass is 32.2. The van der Waals surface area contributed by atoms with Crippen molar-refractivity contribution in [1.29, 1.82) is 5.26 Å². The van der Waals surface area contributed by atoms with E-state index in [2.05, 4.69) is 12.2 Å². The van der Waals surface area contributed by atoms with E-state index < -0.39 is 0 Å². The van der Waals surface area contributed by atoms with Crippen LogP contribution in [0.4, 0.5) is 0 Å². The molecule has 0 aromatic rings. The largest absolute Gasteiger partial charge is 0.393 e. The fourth-order valence-corrected chi connectivity index (χ4v) is 3.95. The third-order valence-electron chi connectivity index (χ3n) is 2.48. The number of thioether (sulfide) groups is 2. The molecule has 1 heterocycles. The summed E-state index contributed by atoms with van der Waals surface area (Å²) in [6, 6.07) is 1.94. The number of carbonyl (C=O) groups is 1. The first-order valence-electron chi connectivity index (χ1n) is 6.08. The Balaban J connectivity index is 2.53. The van der Waals surface area contributed by atoms with Crippen molar-refractivity contribution in [3.05, 3.63) is 9.81 Å². The average Bonchev–Trinajstić information content (AvgIpc) is 2.38. The maximum atomic E-state index is 11.6. The van der Waals surface area contributed by atoms with Crippen molar-refractivity contribution in [1.82, 2.24) is 5.32 Å². The number of aliphatic hydroxyl groups excluding tert-OH is 1. The average molecular weight is 286 g/mol. The molecule has 4 nitrogen and oxygen atoms in total. The van der Waals surface area contributed by atoms with Crippen LogP contribution in [0.25, 0.3) is 0 Å². The predicted molar refractivity (Wildman–Crippen MR) is 75.8 cm³/mol. The van der Waals surface area contributed by atoms with Gasteiger partial charge in [0.2, 0.25) is 0 Å². The Kier molecular flexibility index (Phi) is 7.25. The fraction of sp³-hybridized carbons (Fsp3) is 0.667. The van der Waals surface area contributed by atoms with Gasteiger partial charge in [0.1, 0.15) is 17.0 Å². The SMILES string of the molecule is CCCCCCSC1=C(C#N)C(=O)NC(CO)S1. The van der Waals surface area contributed by atoms with Crippen molar-refractivity contribution in [3.63, 3.8) is 0 Å². The van der Waals surface area contributed by atoms with Crippen LogP contribution >= 0.6 is 23.5 Å². The molecule has 0 spiro atoms. The van der Waals surface area contributed by atoms with Gasteiger partial charge in [0.15, 0.2) is 0 Å². The Morgan fingerprint density at radius 3 is 2.89 bits per heavy atom. The van der Waals surface area contributed by atoms with Gasteiger partial charge < -0.3 is 10.4 Å². The van der Waals surface area contributed by atoms with E-state index in [9.17, 15) is 4.79 Å². The van der Waals surface area contributed by atoms with E-state index >= 15 is 0 Å². The molecule has 1 aliphatic heterocycles. The smallest absolute Gasteiger partial charge is 0.264 e. The molecule has 18 heavy (non-hydrogen) atoms. The van der Waals surface area contributed by atoms with Gasteiger partial charge in [-0.3, -0.25) is 4.79 Å². The van der Waals surface area contributed by atoms with Gasteiger partial charge in [-0.15, -0.1) is 11.8 Å². The summed E-state index contributed by atoms with van der Waals surface area (Å²) in [4.78, 5) is 11.6. The Hall–Kier alpha value is -0.640. The number of unbranched alkanes of at least 4 members (excludes halogenated alkanes) is 3. The molecular formula is C12H18N2O2S2. The molecule has 0 saturated heterocycles. The molecule has 100 valence electrons. The summed E-state index contributed by atoms with van der Waals surface area (Å²) in [6.07, 6.45) is 4.68. The second kappa shape index (κ2) is 8.46. The number of rotatable bonds is 7. The van der Waals surface area contributed by atoms with E-state index in [1.165, 1.54) is 31.0 Å². The predicted octanol–water partition coefficient (Wildman–Crippen LogP) is 2.22. The topological polar surface area (TPSA) is 73.1 Å². The number of nitriles is 1. The van der Waals surface area contributed by atoms with Crippen molar-refractivity contribution in [3.8, 4) is 6.07 Å². The standard InChI is InChI=1S/C12H18N2O2S2/c1-2-3-4-5-6-17-12-9(7-13)11(16)14-10(8-15)18-12/h10,15H,2-6,8H2,1H3,(H,14,16). The number of hydrogen-bond donors (Lipinski definition) is 2. The molecule has 0 aromatic heterocycles. The summed E-state index contributed by atoms with van der Waals surface area (Å²) >= 11 is 2.92. The highest BCUT2D eigenvalue weighted by Gasteiger charge is 2.27. The lowest BCUT2D eigenvalue weighted by molar-refractivity contribution is -0.117. The van der Waals surface area contributed by atoms with E-state index in [0.29, 0.717) is 0 Å². The van der Waals surface area contributed by atoms with Crippen LogP contribution in [-0.2, 0) is 4.79 Å². The third kappa shape index (κ3) is 4.56. The van der Waals surface area contributed by atoms with Gasteiger partial charge in [-0.1, -0.05) is 37.9 Å². The lowest BCUT2D eigenvalue weighted by atomic mass is 10.2. The van der Waals surface area contributed by atoms with E-state index in [4.69, 9.17) is 10.4 Å². The zero-order chi connectivity index (χ0) is 13.4. The first kappa shape index (κ1) is 15.4. The molecule has 1 aliphatic rings. The van der Waals surface area contributed by atoms with Gasteiger partial charge in [-0.05, 0) is 12.2 Å². The number of nitrogens with zero attached hydrogens (tertiary/aromatic N) is 1. The molecule has 2 N–H and O–H groups in total. The number of aliphatic hydroxyl groups is 1. The van der Waals surface area contributed by atoms with Crippen LogP contribution in [0.1, 0.15) is 32.6 Å². The molecule has 0 radical (unpaired) electrons. The summed E-state index contributed by atoms with van der Waals surface area (Å²) in [7, 11) is 0. The van der Waals surface area contributed by atoms with Crippen LogP contribution < -0.4 is 5.32 Å². The quantitative estimate of drug-likeness (QED) is 0.702. The van der Waals surface area contributed by atoms with Crippen LogP contribution in [0.15, 0.2) is 9.81 Å². The summed E-state index contributed by atoms with van der Waals surface area (Å²) in [5.74, 6) is 0.547. The van der Waals surface area contributed by atoms with Crippen LogP contribution in [0.3, 0.4) is 0 Å². The summed E-state index contributed by atoms with van der Waals surface area (Å²) in [5, 5.41) is 20.3. The van der Waals surface area contributed by atoms with Crippen LogP contribution in [-0.4, -0.2) is 28.7 Å². The molecule has 0 aliphatic carbocycles. The Morgan fingerprint density at radius 2 is 2.28 bits per heavy atom. The maximum absolute atomic E-state index is 11.6. The molecular weight excluding hydrogens is 268 g/mol. The third-order valence-corrected chi connectivity index (χ3v) is 5.05. The van der Waals surface area contributed by atoms with Crippen molar-refractivity contribution in [2.45, 2.75) is 38.0 Å². The molecule has 1 atom stereocenters. The molecule has 1 amide bonds. The summed E-state index contributed by atoms with van der Waals surface area (Å²) in [5.41, 5.74) is 0.185. The summed E-state index contributed by atoms with van der Waals surface area (Å²) in [6.45, 7) is 2.05. The van der Waals surface area contributed by atoms with Crippen LogP contribution in [0, 0.1) is 11.3 Å². The monoisotopic (exact) mass is 286 g/mol. The van der Waals surface area contributed by atoms with Gasteiger partial charge in [-0.2, -0.15) is 5.26 Å². The van der Waals surface area contributed by atoms with Gasteiger partial charge >= 0.3 is 0 Å². The highest BCUT2D eigenvalue weighted by molar-refractivity contribution is 8.22. The van der Waals surface area contributed by atoms with Crippen molar-refractivity contribution >= 4 is 29.4 Å². The van der Waals surface area contributed by atoms with E-state index in [0.717, 1.165) is 16.4 Å². The minimum absolute atomic E-state index is 0.116. The van der Waals surface area contributed by atoms with E-state index in [1.54, 1.807) is 11.8 Å². The van der Waals surface area contributed by atoms with Crippen LogP contribution in [0.5, 0.6) is 0 Å². The molecule has 0 bridgehead atoms. The number of hydrogen-bond acceptors (Lipinski definition) is 5. The molecule has 1 rings (SSSR count). The normalized spacial score (nSPS) is 19.6. The second-order valence-electron chi connectivity index (χ2n) is 3.95. The van der Waals surface area contributed by atoms with Gasteiger partial charge in [0.25, 0.3) is 5.91 Å². The Morgan fingerprint density at radius 1 is 1.50 bits per heavy atom. The minimum Gasteiger partial charge on any atom is -0.393 e. The molecule has 0 fully saturated rings. The second-order valence-corrected chi connectivity index (χ2v) is 6.52. The van der Waals surface area contributed by atoms with Crippen LogP contribution in [0.2, 0.25) is 0 Å². The lowest BCUT2D eigenvalue weighted by Crippen LogP contribution is -2.39. The number of amides is 1. The lowest BCUT2D eigenvalue weighted by Gasteiger charge is -2.23. The van der Waals surface area contributed by atoms with E-state index in [1.807, 2.05) is 6.07 Å². The fourth-order valence-electron chi connectivity index (χ4n) is 1.51. The first-order chi connectivity index (χ1) is 8.72. The van der Waals surface area contributed by atoms with E-state index in [-0.39, 0.29) is 23.5 Å². The minimum atomic E-state index is -0.369. The number of carbonyl (C=O) groups excluding carboxylic acids is 1. The highest BCUT2D eigenvalue weighted by Crippen LogP contribution is 2.37. The van der Waals surface area contributed by atoms with Crippen molar-refractivity contribution in [2.24, 2.45) is 0 Å². The van der Waals surface area contributed by atoms with Gasteiger partial charge in [0.05, 0.1) is 10.8 Å². The Labute approximate surface area is 116 Å². The van der Waals surface area contributed by atoms with Gasteiger partial charge in [-0.25, -0.2) is 0 Å². The zero-order valence-corrected chi connectivity index (χ0v) is 12.1. The van der Waals surface area contributed by atoms with Crippen molar-refractivity contribution in [2.75, 3.05) is 12.4 Å². The zero-order valence-electron chi connectivity index (χ0n) is 10.4.